The molecule has 0 unspecified atom stereocenters. The molecule has 0 aliphatic heterocycles. The third kappa shape index (κ3) is 3.23. The van der Waals surface area contributed by atoms with Crippen molar-refractivity contribution < 1.29 is 22.7 Å². The van der Waals surface area contributed by atoms with Gasteiger partial charge in [-0.15, -0.1) is 0 Å². The number of hydrogen-bond donors (Lipinski definition) is 1. The molecular weight excluding hydrogens is 271 g/mol. The van der Waals surface area contributed by atoms with Gasteiger partial charge < -0.3 is 10.1 Å². The van der Waals surface area contributed by atoms with Crippen molar-refractivity contribution in [1.29, 1.82) is 0 Å². The molecule has 1 saturated carbocycles. The molecule has 0 atom stereocenters. The maximum absolute atomic E-state index is 12.7. The number of anilines is 1. The lowest BCUT2D eigenvalue weighted by Gasteiger charge is -2.15. The van der Waals surface area contributed by atoms with Crippen LogP contribution >= 0.6 is 0 Å². The maximum Gasteiger partial charge on any atom is 0.416 e. The van der Waals surface area contributed by atoms with Gasteiger partial charge in [-0.25, -0.2) is 0 Å². The quantitative estimate of drug-likeness (QED) is 0.917. The Morgan fingerprint density at radius 1 is 1.30 bits per heavy atom. The Hall–Kier alpha value is -1.72. The minimum Gasteiger partial charge on any atom is -0.495 e. The van der Waals surface area contributed by atoms with Gasteiger partial charge in [0.15, 0.2) is 0 Å². The fourth-order valence-electron chi connectivity index (χ4n) is 2.40. The summed E-state index contributed by atoms with van der Waals surface area (Å²) in [6, 6.07) is 3.06. The minimum atomic E-state index is -4.45. The molecule has 1 aromatic rings. The lowest BCUT2D eigenvalue weighted by molar-refractivity contribution is -0.137. The molecule has 1 aliphatic carbocycles. The highest BCUT2D eigenvalue weighted by Gasteiger charge is 2.32. The van der Waals surface area contributed by atoms with Crippen LogP contribution in [0.3, 0.4) is 0 Å². The number of carbonyl (C=O) groups excluding carboxylic acids is 1. The van der Waals surface area contributed by atoms with E-state index in [1.165, 1.54) is 13.2 Å². The van der Waals surface area contributed by atoms with Crippen LogP contribution < -0.4 is 10.1 Å². The number of hydrogen-bond acceptors (Lipinski definition) is 2. The predicted octanol–water partition coefficient (Wildman–Crippen LogP) is 3.84. The Bertz CT molecular complexity index is 494. The summed E-state index contributed by atoms with van der Waals surface area (Å²) in [5, 5.41) is 2.55. The van der Waals surface area contributed by atoms with E-state index in [1.807, 2.05) is 0 Å². The van der Waals surface area contributed by atoms with Gasteiger partial charge in [0.1, 0.15) is 5.75 Å². The highest BCUT2D eigenvalue weighted by molar-refractivity contribution is 5.94. The van der Waals surface area contributed by atoms with Crippen LogP contribution in [0.15, 0.2) is 18.2 Å². The maximum atomic E-state index is 12.7. The molecule has 0 heterocycles. The molecule has 0 radical (unpaired) electrons. The summed E-state index contributed by atoms with van der Waals surface area (Å²) in [7, 11) is 1.35. The summed E-state index contributed by atoms with van der Waals surface area (Å²) >= 11 is 0. The molecule has 1 amide bonds. The molecule has 3 nitrogen and oxygen atoms in total. The van der Waals surface area contributed by atoms with Gasteiger partial charge >= 0.3 is 6.18 Å². The number of nitrogens with one attached hydrogen (secondary N) is 1. The molecule has 1 aromatic carbocycles. The third-order valence-corrected chi connectivity index (χ3v) is 3.51. The van der Waals surface area contributed by atoms with E-state index in [0.717, 1.165) is 37.8 Å². The van der Waals surface area contributed by atoms with Gasteiger partial charge in [0, 0.05) is 5.92 Å². The first-order chi connectivity index (χ1) is 9.41. The number of methoxy groups -OCH3 is 1. The normalized spacial score (nSPS) is 16.2. The zero-order valence-corrected chi connectivity index (χ0v) is 11.1. The zero-order valence-electron chi connectivity index (χ0n) is 11.1. The van der Waals surface area contributed by atoms with Crippen molar-refractivity contribution in [2.45, 2.75) is 31.9 Å². The first kappa shape index (κ1) is 14.7. The molecule has 0 bridgehead atoms. The standard InChI is InChI=1S/C14H16F3NO2/c1-20-12-7-6-10(14(15,16)17)8-11(12)18-13(19)9-4-2-3-5-9/h6-9H,2-5H2,1H3,(H,18,19). The zero-order chi connectivity index (χ0) is 14.8. The van der Waals surface area contributed by atoms with Crippen molar-refractivity contribution in [2.75, 3.05) is 12.4 Å². The van der Waals surface area contributed by atoms with Gasteiger partial charge in [-0.3, -0.25) is 4.79 Å². The number of amides is 1. The first-order valence-corrected chi connectivity index (χ1v) is 6.48. The summed E-state index contributed by atoms with van der Waals surface area (Å²) in [4.78, 5) is 12.0. The van der Waals surface area contributed by atoms with E-state index in [0.29, 0.717) is 0 Å². The van der Waals surface area contributed by atoms with Crippen LogP contribution in [-0.4, -0.2) is 13.0 Å². The van der Waals surface area contributed by atoms with Gasteiger partial charge in [-0.05, 0) is 31.0 Å². The van der Waals surface area contributed by atoms with Crippen LogP contribution in [0.4, 0.5) is 18.9 Å². The molecule has 110 valence electrons. The Morgan fingerprint density at radius 2 is 1.95 bits per heavy atom. The van der Waals surface area contributed by atoms with E-state index in [-0.39, 0.29) is 23.3 Å². The van der Waals surface area contributed by atoms with Crippen molar-refractivity contribution in [2.24, 2.45) is 5.92 Å². The predicted molar refractivity (Wildman–Crippen MR) is 68.6 cm³/mol. The molecule has 1 N–H and O–H groups in total. The van der Waals surface area contributed by atoms with Crippen LogP contribution in [0.5, 0.6) is 5.75 Å². The average Bonchev–Trinajstić information content (AvgIpc) is 2.91. The largest absolute Gasteiger partial charge is 0.495 e. The summed E-state index contributed by atoms with van der Waals surface area (Å²) in [5.41, 5.74) is -0.737. The fourth-order valence-corrected chi connectivity index (χ4v) is 2.40. The fraction of sp³-hybridized carbons (Fsp3) is 0.500. The Balaban J connectivity index is 2.22. The second-order valence-electron chi connectivity index (χ2n) is 4.88. The van der Waals surface area contributed by atoms with Crippen LogP contribution in [0, 0.1) is 5.92 Å². The van der Waals surface area contributed by atoms with Crippen molar-refractivity contribution in [1.82, 2.24) is 0 Å². The Morgan fingerprint density at radius 3 is 2.50 bits per heavy atom. The van der Waals surface area contributed by atoms with E-state index in [4.69, 9.17) is 4.74 Å². The van der Waals surface area contributed by atoms with Crippen LogP contribution in [0.25, 0.3) is 0 Å². The van der Waals surface area contributed by atoms with Gasteiger partial charge in [-0.1, -0.05) is 12.8 Å². The Labute approximate surface area is 115 Å². The molecule has 2 rings (SSSR count). The summed E-state index contributed by atoms with van der Waals surface area (Å²) in [6.45, 7) is 0. The highest BCUT2D eigenvalue weighted by atomic mass is 19.4. The van der Waals surface area contributed by atoms with Gasteiger partial charge in [0.25, 0.3) is 0 Å². The van der Waals surface area contributed by atoms with Crippen molar-refractivity contribution in [3.05, 3.63) is 23.8 Å². The van der Waals surface area contributed by atoms with E-state index in [9.17, 15) is 18.0 Å². The Kier molecular flexibility index (Phi) is 4.20. The molecule has 1 fully saturated rings. The molecule has 0 aromatic heterocycles. The molecule has 0 saturated heterocycles. The van der Waals surface area contributed by atoms with Crippen LogP contribution in [0.2, 0.25) is 0 Å². The number of carbonyl (C=O) groups is 1. The van der Waals surface area contributed by atoms with E-state index in [1.54, 1.807) is 0 Å². The van der Waals surface area contributed by atoms with Gasteiger partial charge in [0.2, 0.25) is 5.91 Å². The van der Waals surface area contributed by atoms with Crippen LogP contribution in [-0.2, 0) is 11.0 Å². The second kappa shape index (κ2) is 5.73. The summed E-state index contributed by atoms with van der Waals surface area (Å²) in [5.74, 6) is -0.126. The number of halogens is 3. The van der Waals surface area contributed by atoms with Crippen LogP contribution in [0.1, 0.15) is 31.2 Å². The molecule has 0 spiro atoms. The molecule has 20 heavy (non-hydrogen) atoms. The van der Waals surface area contributed by atoms with Crippen molar-refractivity contribution >= 4 is 11.6 Å². The van der Waals surface area contributed by atoms with E-state index >= 15 is 0 Å². The second-order valence-corrected chi connectivity index (χ2v) is 4.88. The number of benzene rings is 1. The molecule has 1 aliphatic rings. The molecular formula is C14H16F3NO2. The highest BCUT2D eigenvalue weighted by Crippen LogP contribution is 2.35. The topological polar surface area (TPSA) is 38.3 Å². The first-order valence-electron chi connectivity index (χ1n) is 6.48. The smallest absolute Gasteiger partial charge is 0.416 e. The minimum absolute atomic E-state index is 0.0687. The monoisotopic (exact) mass is 287 g/mol. The van der Waals surface area contributed by atoms with Gasteiger partial charge in [-0.2, -0.15) is 13.2 Å². The summed E-state index contributed by atoms with van der Waals surface area (Å²) < 4.78 is 43.1. The van der Waals surface area contributed by atoms with E-state index in [2.05, 4.69) is 5.32 Å². The lowest BCUT2D eigenvalue weighted by atomic mass is 10.1. The summed E-state index contributed by atoms with van der Waals surface area (Å²) in [6.07, 6.45) is -0.908. The molecule has 6 heteroatoms. The average molecular weight is 287 g/mol. The number of alkyl halides is 3. The van der Waals surface area contributed by atoms with E-state index < -0.39 is 11.7 Å². The van der Waals surface area contributed by atoms with Gasteiger partial charge in [0.05, 0.1) is 18.4 Å². The SMILES string of the molecule is COc1ccc(C(F)(F)F)cc1NC(=O)C1CCCC1. The number of rotatable bonds is 3. The van der Waals surface area contributed by atoms with Crippen molar-refractivity contribution in [3.63, 3.8) is 0 Å². The third-order valence-electron chi connectivity index (χ3n) is 3.51. The van der Waals surface area contributed by atoms with Crippen molar-refractivity contribution in [3.8, 4) is 5.75 Å². The lowest BCUT2D eigenvalue weighted by Crippen LogP contribution is -2.21. The number of ether oxygens (including phenoxy) is 1.